The Morgan fingerprint density at radius 1 is 1.24 bits per heavy atom. The summed E-state index contributed by atoms with van der Waals surface area (Å²) in [6.07, 6.45) is 3.13. The zero-order valence-electron chi connectivity index (χ0n) is 14.5. The third-order valence-corrected chi connectivity index (χ3v) is 4.21. The van der Waals surface area contributed by atoms with E-state index in [0.29, 0.717) is 11.2 Å². The van der Waals surface area contributed by atoms with E-state index in [9.17, 15) is 9.59 Å². The van der Waals surface area contributed by atoms with Crippen molar-refractivity contribution in [1.29, 1.82) is 0 Å². The highest BCUT2D eigenvalue weighted by Crippen LogP contribution is 2.19. The summed E-state index contributed by atoms with van der Waals surface area (Å²) in [5, 5.41) is 7.71. The zero-order valence-corrected chi connectivity index (χ0v) is 14.5. The van der Waals surface area contributed by atoms with Crippen molar-refractivity contribution in [3.63, 3.8) is 0 Å². The molecule has 2 aromatic heterocycles. The highest BCUT2D eigenvalue weighted by atomic mass is 16.2. The predicted molar refractivity (Wildman–Crippen MR) is 94.9 cm³/mol. The number of hydrogen-bond acceptors (Lipinski definition) is 4. The summed E-state index contributed by atoms with van der Waals surface area (Å²) in [5.41, 5.74) is 0.691. The second-order valence-corrected chi connectivity index (χ2v) is 6.36. The van der Waals surface area contributed by atoms with Crippen LogP contribution in [0.2, 0.25) is 0 Å². The van der Waals surface area contributed by atoms with E-state index in [0.717, 1.165) is 5.52 Å². The topological polar surface area (TPSA) is 81.8 Å². The molecule has 0 aliphatic heterocycles. The summed E-state index contributed by atoms with van der Waals surface area (Å²) in [4.78, 5) is 28.8. The SMILES string of the molecule is CC(C)[C@@H](NC(=O)Cn1ccc(=O)c2ccccc21)c1ncnn1C. The van der Waals surface area contributed by atoms with Gasteiger partial charge in [-0.1, -0.05) is 26.0 Å². The maximum atomic E-state index is 12.6. The van der Waals surface area contributed by atoms with Crippen LogP contribution >= 0.6 is 0 Å². The van der Waals surface area contributed by atoms with Crippen molar-refractivity contribution < 1.29 is 4.79 Å². The Kier molecular flexibility index (Phi) is 4.65. The monoisotopic (exact) mass is 339 g/mol. The van der Waals surface area contributed by atoms with Crippen molar-refractivity contribution in [2.75, 3.05) is 0 Å². The highest BCUT2D eigenvalue weighted by molar-refractivity contribution is 5.82. The molecule has 0 aliphatic rings. The summed E-state index contributed by atoms with van der Waals surface area (Å²) in [5.74, 6) is 0.737. The van der Waals surface area contributed by atoms with E-state index >= 15 is 0 Å². The molecule has 2 heterocycles. The maximum Gasteiger partial charge on any atom is 0.240 e. The van der Waals surface area contributed by atoms with Crippen LogP contribution in [-0.2, 0) is 18.4 Å². The van der Waals surface area contributed by atoms with Gasteiger partial charge >= 0.3 is 0 Å². The average molecular weight is 339 g/mol. The smallest absolute Gasteiger partial charge is 0.240 e. The molecule has 0 fully saturated rings. The van der Waals surface area contributed by atoms with E-state index in [1.165, 1.54) is 12.4 Å². The molecule has 7 nitrogen and oxygen atoms in total. The number of aromatic nitrogens is 4. The summed E-state index contributed by atoms with van der Waals surface area (Å²) in [6.45, 7) is 4.17. The molecule has 0 bridgehead atoms. The van der Waals surface area contributed by atoms with E-state index in [4.69, 9.17) is 0 Å². The molecule has 130 valence electrons. The molecule has 1 N–H and O–H groups in total. The van der Waals surface area contributed by atoms with Crippen molar-refractivity contribution in [1.82, 2.24) is 24.6 Å². The fourth-order valence-electron chi connectivity index (χ4n) is 2.89. The van der Waals surface area contributed by atoms with Gasteiger partial charge < -0.3 is 9.88 Å². The third-order valence-electron chi connectivity index (χ3n) is 4.21. The van der Waals surface area contributed by atoms with Crippen LogP contribution in [0.3, 0.4) is 0 Å². The van der Waals surface area contributed by atoms with Gasteiger partial charge in [-0.05, 0) is 18.1 Å². The van der Waals surface area contributed by atoms with Crippen LogP contribution in [0.15, 0.2) is 47.7 Å². The number of hydrogen-bond donors (Lipinski definition) is 1. The predicted octanol–water partition coefficient (Wildman–Crippen LogP) is 1.64. The van der Waals surface area contributed by atoms with E-state index in [1.54, 1.807) is 28.6 Å². The first kappa shape index (κ1) is 16.9. The van der Waals surface area contributed by atoms with Crippen molar-refractivity contribution in [2.45, 2.75) is 26.4 Å². The average Bonchev–Trinajstić information content (AvgIpc) is 3.01. The highest BCUT2D eigenvalue weighted by Gasteiger charge is 2.22. The minimum Gasteiger partial charge on any atom is -0.344 e. The largest absolute Gasteiger partial charge is 0.344 e. The molecule has 0 saturated carbocycles. The number of carbonyl (C=O) groups is 1. The third kappa shape index (κ3) is 3.45. The fraction of sp³-hybridized carbons (Fsp3) is 0.333. The van der Waals surface area contributed by atoms with E-state index < -0.39 is 0 Å². The number of aryl methyl sites for hydroxylation is 1. The van der Waals surface area contributed by atoms with Gasteiger partial charge in [-0.15, -0.1) is 0 Å². The molecular formula is C18H21N5O2. The number of carbonyl (C=O) groups excluding carboxylic acids is 1. The number of para-hydroxylation sites is 1. The standard InChI is InChI=1S/C18H21N5O2/c1-12(2)17(18-19-11-20-22(18)3)21-16(25)10-23-9-8-15(24)13-6-4-5-7-14(13)23/h4-9,11-12,17H,10H2,1-3H3,(H,21,25)/t17-/m1/s1. The number of rotatable bonds is 5. The molecule has 0 spiro atoms. The first-order chi connectivity index (χ1) is 12.0. The van der Waals surface area contributed by atoms with Gasteiger partial charge in [0.25, 0.3) is 0 Å². The van der Waals surface area contributed by atoms with Gasteiger partial charge in [0, 0.05) is 24.7 Å². The second kappa shape index (κ2) is 6.88. The number of nitrogens with zero attached hydrogens (tertiary/aromatic N) is 4. The van der Waals surface area contributed by atoms with Crippen molar-refractivity contribution in [3.05, 3.63) is 58.9 Å². The molecule has 0 saturated heterocycles. The van der Waals surface area contributed by atoms with Gasteiger partial charge in [0.15, 0.2) is 5.43 Å². The minimum atomic E-state index is -0.231. The first-order valence-electron chi connectivity index (χ1n) is 8.19. The Morgan fingerprint density at radius 2 is 2.00 bits per heavy atom. The number of pyridine rings is 1. The lowest BCUT2D eigenvalue weighted by molar-refractivity contribution is -0.122. The van der Waals surface area contributed by atoms with Crippen molar-refractivity contribution in [2.24, 2.45) is 13.0 Å². The normalized spacial score (nSPS) is 12.5. The van der Waals surface area contributed by atoms with E-state index in [2.05, 4.69) is 15.4 Å². The lowest BCUT2D eigenvalue weighted by Gasteiger charge is -2.22. The molecule has 1 atom stereocenters. The maximum absolute atomic E-state index is 12.6. The Bertz CT molecular complexity index is 957. The van der Waals surface area contributed by atoms with Crippen LogP contribution in [0.1, 0.15) is 25.7 Å². The number of amides is 1. The van der Waals surface area contributed by atoms with Crippen LogP contribution < -0.4 is 10.7 Å². The van der Waals surface area contributed by atoms with Crippen LogP contribution in [-0.4, -0.2) is 25.2 Å². The van der Waals surface area contributed by atoms with Crippen molar-refractivity contribution in [3.8, 4) is 0 Å². The van der Waals surface area contributed by atoms with E-state index in [-0.39, 0.29) is 29.8 Å². The Hall–Kier alpha value is -2.96. The first-order valence-corrected chi connectivity index (χ1v) is 8.19. The molecule has 3 rings (SSSR count). The molecule has 25 heavy (non-hydrogen) atoms. The van der Waals surface area contributed by atoms with Gasteiger partial charge in [-0.3, -0.25) is 14.3 Å². The molecule has 0 unspecified atom stereocenters. The Labute approximate surface area is 145 Å². The molecular weight excluding hydrogens is 318 g/mol. The number of fused-ring (bicyclic) bond motifs is 1. The van der Waals surface area contributed by atoms with Crippen molar-refractivity contribution >= 4 is 16.8 Å². The van der Waals surface area contributed by atoms with Crippen LogP contribution in [0.5, 0.6) is 0 Å². The molecule has 1 aromatic carbocycles. The Balaban J connectivity index is 1.84. The summed E-state index contributed by atoms with van der Waals surface area (Å²) in [7, 11) is 1.80. The fourth-order valence-corrected chi connectivity index (χ4v) is 2.89. The molecule has 1 amide bonds. The van der Waals surface area contributed by atoms with Crippen LogP contribution in [0, 0.1) is 5.92 Å². The lowest BCUT2D eigenvalue weighted by Crippen LogP contribution is -2.36. The minimum absolute atomic E-state index is 0.0496. The Morgan fingerprint density at radius 3 is 2.68 bits per heavy atom. The zero-order chi connectivity index (χ0) is 18.0. The molecule has 3 aromatic rings. The summed E-state index contributed by atoms with van der Waals surface area (Å²) in [6, 6.07) is 8.53. The molecule has 7 heteroatoms. The quantitative estimate of drug-likeness (QED) is 0.766. The lowest BCUT2D eigenvalue weighted by atomic mass is 10.0. The van der Waals surface area contributed by atoms with Gasteiger partial charge in [0.05, 0.1) is 11.6 Å². The number of nitrogens with one attached hydrogen (secondary N) is 1. The van der Waals surface area contributed by atoms with Gasteiger partial charge in [0.1, 0.15) is 18.7 Å². The molecule has 0 radical (unpaired) electrons. The van der Waals surface area contributed by atoms with E-state index in [1.807, 2.05) is 32.0 Å². The molecule has 0 aliphatic carbocycles. The van der Waals surface area contributed by atoms with Gasteiger partial charge in [-0.25, -0.2) is 4.98 Å². The van der Waals surface area contributed by atoms with Gasteiger partial charge in [-0.2, -0.15) is 5.10 Å². The number of benzene rings is 1. The second-order valence-electron chi connectivity index (χ2n) is 6.36. The van der Waals surface area contributed by atoms with Crippen LogP contribution in [0.25, 0.3) is 10.9 Å². The van der Waals surface area contributed by atoms with Crippen LogP contribution in [0.4, 0.5) is 0 Å². The summed E-state index contributed by atoms with van der Waals surface area (Å²) >= 11 is 0. The summed E-state index contributed by atoms with van der Waals surface area (Å²) < 4.78 is 3.44. The van der Waals surface area contributed by atoms with Gasteiger partial charge in [0.2, 0.25) is 5.91 Å².